The van der Waals surface area contributed by atoms with E-state index in [-0.39, 0.29) is 11.7 Å². The number of rotatable bonds is 4. The Bertz CT molecular complexity index is 585. The average molecular weight is 325 g/mol. The number of pyridine rings is 1. The molecule has 0 aromatic carbocycles. The fourth-order valence-corrected chi connectivity index (χ4v) is 1.96. The predicted octanol–water partition coefficient (Wildman–Crippen LogP) is 2.22. The van der Waals surface area contributed by atoms with Gasteiger partial charge in [-0.15, -0.1) is 5.10 Å². The highest BCUT2D eigenvalue weighted by atomic mass is 79.9. The number of ether oxygens (including phenoxy) is 1. The van der Waals surface area contributed by atoms with Crippen molar-refractivity contribution in [3.8, 4) is 0 Å². The molecule has 0 fully saturated rings. The Morgan fingerprint density at radius 1 is 1.53 bits per heavy atom. The molecule has 0 bridgehead atoms. The normalized spacial score (nSPS) is 12.2. The van der Waals surface area contributed by atoms with E-state index < -0.39 is 5.97 Å². The Kier molecular flexibility index (Phi) is 4.26. The molecule has 0 spiro atoms. The van der Waals surface area contributed by atoms with Crippen LogP contribution in [0.1, 0.15) is 35.9 Å². The van der Waals surface area contributed by atoms with E-state index in [4.69, 9.17) is 4.74 Å². The molecule has 6 nitrogen and oxygen atoms in total. The van der Waals surface area contributed by atoms with Gasteiger partial charge in [0.2, 0.25) is 0 Å². The summed E-state index contributed by atoms with van der Waals surface area (Å²) in [6, 6.07) is 1.88. The van der Waals surface area contributed by atoms with E-state index in [1.807, 2.05) is 13.0 Å². The maximum atomic E-state index is 11.5. The van der Waals surface area contributed by atoms with Crippen LogP contribution in [0.15, 0.2) is 29.1 Å². The van der Waals surface area contributed by atoms with Crippen molar-refractivity contribution in [1.29, 1.82) is 0 Å². The van der Waals surface area contributed by atoms with E-state index >= 15 is 0 Å². The van der Waals surface area contributed by atoms with Gasteiger partial charge in [-0.1, -0.05) is 5.21 Å². The fraction of sp³-hybridized carbons (Fsp3) is 0.333. The molecule has 0 aliphatic rings. The molecule has 0 aliphatic heterocycles. The van der Waals surface area contributed by atoms with Crippen molar-refractivity contribution < 1.29 is 9.53 Å². The van der Waals surface area contributed by atoms with E-state index in [0.717, 1.165) is 10.0 Å². The van der Waals surface area contributed by atoms with Crippen molar-refractivity contribution in [2.75, 3.05) is 6.61 Å². The zero-order chi connectivity index (χ0) is 13.8. The van der Waals surface area contributed by atoms with Crippen molar-refractivity contribution in [2.45, 2.75) is 19.9 Å². The third-order valence-electron chi connectivity index (χ3n) is 2.60. The molecule has 0 saturated heterocycles. The molecule has 1 atom stereocenters. The summed E-state index contributed by atoms with van der Waals surface area (Å²) in [4.78, 5) is 15.6. The predicted molar refractivity (Wildman–Crippen MR) is 71.7 cm³/mol. The van der Waals surface area contributed by atoms with Crippen LogP contribution in [0.4, 0.5) is 0 Å². The number of halogens is 1. The quantitative estimate of drug-likeness (QED) is 0.806. The summed E-state index contributed by atoms with van der Waals surface area (Å²) < 4.78 is 7.37. The maximum absolute atomic E-state index is 11.5. The molecule has 100 valence electrons. The zero-order valence-electron chi connectivity index (χ0n) is 10.6. The van der Waals surface area contributed by atoms with Gasteiger partial charge in [-0.3, -0.25) is 4.98 Å². The summed E-state index contributed by atoms with van der Waals surface area (Å²) in [5, 5.41) is 7.76. The first-order valence-electron chi connectivity index (χ1n) is 5.81. The number of hydrogen-bond donors (Lipinski definition) is 0. The van der Waals surface area contributed by atoms with Crippen molar-refractivity contribution in [1.82, 2.24) is 20.0 Å². The Morgan fingerprint density at radius 2 is 2.32 bits per heavy atom. The lowest BCUT2D eigenvalue weighted by Crippen LogP contribution is -2.08. The fourth-order valence-electron chi connectivity index (χ4n) is 1.57. The van der Waals surface area contributed by atoms with Gasteiger partial charge in [0.25, 0.3) is 0 Å². The summed E-state index contributed by atoms with van der Waals surface area (Å²) in [5.74, 6) is -0.465. The number of hydrogen-bond acceptors (Lipinski definition) is 5. The van der Waals surface area contributed by atoms with Gasteiger partial charge in [-0.25, -0.2) is 9.48 Å². The van der Waals surface area contributed by atoms with Gasteiger partial charge in [-0.05, 0) is 41.4 Å². The van der Waals surface area contributed by atoms with Crippen LogP contribution in [-0.4, -0.2) is 32.6 Å². The summed E-state index contributed by atoms with van der Waals surface area (Å²) in [6.45, 7) is 4.02. The van der Waals surface area contributed by atoms with Crippen LogP contribution in [0, 0.1) is 0 Å². The van der Waals surface area contributed by atoms with E-state index in [1.54, 1.807) is 30.2 Å². The molecule has 2 heterocycles. The van der Waals surface area contributed by atoms with Crippen LogP contribution in [0.2, 0.25) is 0 Å². The Morgan fingerprint density at radius 3 is 3.00 bits per heavy atom. The van der Waals surface area contributed by atoms with Crippen LogP contribution in [-0.2, 0) is 4.74 Å². The van der Waals surface area contributed by atoms with Crippen molar-refractivity contribution in [2.24, 2.45) is 0 Å². The first-order chi connectivity index (χ1) is 9.11. The van der Waals surface area contributed by atoms with Crippen LogP contribution in [0.25, 0.3) is 0 Å². The van der Waals surface area contributed by atoms with E-state index in [9.17, 15) is 4.79 Å². The molecule has 2 aromatic rings. The van der Waals surface area contributed by atoms with Crippen LogP contribution in [0.3, 0.4) is 0 Å². The standard InChI is InChI=1S/C12H13BrN4O2/c1-3-19-12(18)11-7-17(16-15-11)8(2)9-4-10(13)6-14-5-9/h4-8H,3H2,1-2H3. The molecule has 0 amide bonds. The van der Waals surface area contributed by atoms with Crippen molar-refractivity contribution >= 4 is 21.9 Å². The van der Waals surface area contributed by atoms with Gasteiger partial charge >= 0.3 is 5.97 Å². The van der Waals surface area contributed by atoms with Gasteiger partial charge in [0.15, 0.2) is 5.69 Å². The van der Waals surface area contributed by atoms with Gasteiger partial charge in [0, 0.05) is 16.9 Å². The van der Waals surface area contributed by atoms with Gasteiger partial charge in [0.1, 0.15) is 0 Å². The maximum Gasteiger partial charge on any atom is 0.360 e. The van der Waals surface area contributed by atoms with E-state index in [0.29, 0.717) is 6.61 Å². The minimum Gasteiger partial charge on any atom is -0.461 e. The van der Waals surface area contributed by atoms with Crippen LogP contribution < -0.4 is 0 Å². The molecule has 2 rings (SSSR count). The largest absolute Gasteiger partial charge is 0.461 e. The number of aromatic nitrogens is 4. The van der Waals surface area contributed by atoms with Crippen LogP contribution in [0.5, 0.6) is 0 Å². The smallest absolute Gasteiger partial charge is 0.360 e. The molecule has 19 heavy (non-hydrogen) atoms. The SMILES string of the molecule is CCOC(=O)c1cn(C(C)c2cncc(Br)c2)nn1. The minimum absolute atomic E-state index is 0.0688. The molecule has 2 aromatic heterocycles. The van der Waals surface area contributed by atoms with Gasteiger partial charge in [0.05, 0.1) is 18.8 Å². The molecule has 7 heteroatoms. The third-order valence-corrected chi connectivity index (χ3v) is 3.03. The Labute approximate surface area is 118 Å². The number of nitrogens with zero attached hydrogens (tertiary/aromatic N) is 4. The molecular weight excluding hydrogens is 312 g/mol. The average Bonchev–Trinajstić information content (AvgIpc) is 2.88. The lowest BCUT2D eigenvalue weighted by atomic mass is 10.1. The first-order valence-corrected chi connectivity index (χ1v) is 6.60. The lowest BCUT2D eigenvalue weighted by molar-refractivity contribution is 0.0519. The second-order valence-electron chi connectivity index (χ2n) is 3.92. The molecule has 0 aliphatic carbocycles. The van der Waals surface area contributed by atoms with Crippen molar-refractivity contribution in [3.05, 3.63) is 40.4 Å². The highest BCUT2D eigenvalue weighted by molar-refractivity contribution is 9.10. The first kappa shape index (κ1) is 13.7. The molecule has 1 unspecified atom stereocenters. The molecule has 0 saturated carbocycles. The molecular formula is C12H13BrN4O2. The topological polar surface area (TPSA) is 69.9 Å². The van der Waals surface area contributed by atoms with Crippen LogP contribution >= 0.6 is 15.9 Å². The van der Waals surface area contributed by atoms with Gasteiger partial charge < -0.3 is 4.74 Å². The molecule has 0 N–H and O–H groups in total. The number of carbonyl (C=O) groups is 1. The molecule has 0 radical (unpaired) electrons. The summed E-state index contributed by atoms with van der Waals surface area (Å²) in [6.07, 6.45) is 5.03. The van der Waals surface area contributed by atoms with Crippen molar-refractivity contribution in [3.63, 3.8) is 0 Å². The second-order valence-corrected chi connectivity index (χ2v) is 4.83. The minimum atomic E-state index is -0.465. The monoisotopic (exact) mass is 324 g/mol. The number of esters is 1. The summed E-state index contributed by atoms with van der Waals surface area (Å²) in [5.41, 5.74) is 1.17. The Balaban J connectivity index is 2.20. The zero-order valence-corrected chi connectivity index (χ0v) is 12.2. The summed E-state index contributed by atoms with van der Waals surface area (Å²) in [7, 11) is 0. The summed E-state index contributed by atoms with van der Waals surface area (Å²) >= 11 is 3.37. The number of carbonyl (C=O) groups excluding carboxylic acids is 1. The highest BCUT2D eigenvalue weighted by Crippen LogP contribution is 2.19. The Hall–Kier alpha value is -1.76. The lowest BCUT2D eigenvalue weighted by Gasteiger charge is -2.11. The van der Waals surface area contributed by atoms with Gasteiger partial charge in [-0.2, -0.15) is 0 Å². The third kappa shape index (κ3) is 3.17. The highest BCUT2D eigenvalue weighted by Gasteiger charge is 2.15. The second kappa shape index (κ2) is 5.92. The van der Waals surface area contributed by atoms with E-state index in [2.05, 4.69) is 31.2 Å². The van der Waals surface area contributed by atoms with E-state index in [1.165, 1.54) is 0 Å².